The third-order valence-corrected chi connectivity index (χ3v) is 6.39. The van der Waals surface area contributed by atoms with Gasteiger partial charge in [0.15, 0.2) is 0 Å². The summed E-state index contributed by atoms with van der Waals surface area (Å²) >= 11 is 0.971. The third-order valence-electron chi connectivity index (χ3n) is 5.49. The fourth-order valence-electron chi connectivity index (χ4n) is 3.83. The van der Waals surface area contributed by atoms with Gasteiger partial charge < -0.3 is 4.74 Å². The van der Waals surface area contributed by atoms with Crippen LogP contribution in [0.5, 0.6) is 5.75 Å². The van der Waals surface area contributed by atoms with Gasteiger partial charge in [-0.2, -0.15) is 0 Å². The number of carbonyl (C=O) groups excluding carboxylic acids is 2. The molecule has 0 radical (unpaired) electrons. The summed E-state index contributed by atoms with van der Waals surface area (Å²) in [5.74, 6) is 0.441. The zero-order valence-corrected chi connectivity index (χ0v) is 18.6. The first kappa shape index (κ1) is 21.0. The van der Waals surface area contributed by atoms with E-state index in [2.05, 4.69) is 24.3 Å². The van der Waals surface area contributed by atoms with E-state index in [9.17, 15) is 9.59 Å². The normalized spacial score (nSPS) is 14.9. The molecule has 33 heavy (non-hydrogen) atoms. The third kappa shape index (κ3) is 4.69. The number of ether oxygens (including phenoxy) is 1. The minimum Gasteiger partial charge on any atom is -0.489 e. The zero-order chi connectivity index (χ0) is 22.6. The van der Waals surface area contributed by atoms with Crippen LogP contribution in [0.4, 0.5) is 4.79 Å². The lowest BCUT2D eigenvalue weighted by molar-refractivity contribution is -0.123. The van der Waals surface area contributed by atoms with Gasteiger partial charge in [0.1, 0.15) is 12.4 Å². The van der Waals surface area contributed by atoms with E-state index in [1.807, 2.05) is 72.8 Å². The smallest absolute Gasteiger partial charge is 0.293 e. The summed E-state index contributed by atoms with van der Waals surface area (Å²) in [4.78, 5) is 27.0. The lowest BCUT2D eigenvalue weighted by Crippen LogP contribution is -2.27. The molecule has 0 spiro atoms. The molecule has 0 bridgehead atoms. The summed E-state index contributed by atoms with van der Waals surface area (Å²) in [7, 11) is 0. The van der Waals surface area contributed by atoms with Crippen LogP contribution in [-0.2, 0) is 17.9 Å². The maximum Gasteiger partial charge on any atom is 0.293 e. The number of imide groups is 1. The number of nitrogens with zero attached hydrogens (tertiary/aromatic N) is 1. The van der Waals surface area contributed by atoms with Crippen LogP contribution in [0.1, 0.15) is 16.7 Å². The quantitative estimate of drug-likeness (QED) is 0.308. The topological polar surface area (TPSA) is 46.6 Å². The Morgan fingerprint density at radius 2 is 1.58 bits per heavy atom. The molecule has 2 amide bonds. The van der Waals surface area contributed by atoms with Crippen molar-refractivity contribution in [3.8, 4) is 5.75 Å². The fourth-order valence-corrected chi connectivity index (χ4v) is 4.67. The monoisotopic (exact) mass is 451 g/mol. The van der Waals surface area contributed by atoms with Crippen molar-refractivity contribution in [3.63, 3.8) is 0 Å². The van der Waals surface area contributed by atoms with Crippen LogP contribution in [0.2, 0.25) is 0 Å². The van der Waals surface area contributed by atoms with Gasteiger partial charge in [-0.25, -0.2) is 0 Å². The first-order chi connectivity index (χ1) is 16.2. The molecule has 1 aliphatic heterocycles. The van der Waals surface area contributed by atoms with E-state index in [0.717, 1.165) is 28.5 Å². The average molecular weight is 452 g/mol. The first-order valence-corrected chi connectivity index (χ1v) is 11.5. The number of hydrogen-bond donors (Lipinski definition) is 0. The molecule has 0 unspecified atom stereocenters. The zero-order valence-electron chi connectivity index (χ0n) is 17.8. The van der Waals surface area contributed by atoms with E-state index < -0.39 is 0 Å². The molecule has 0 atom stereocenters. The molecule has 1 fully saturated rings. The average Bonchev–Trinajstić information content (AvgIpc) is 3.11. The van der Waals surface area contributed by atoms with Gasteiger partial charge in [0.25, 0.3) is 11.1 Å². The van der Waals surface area contributed by atoms with Gasteiger partial charge >= 0.3 is 0 Å². The van der Waals surface area contributed by atoms with Crippen molar-refractivity contribution < 1.29 is 14.3 Å². The number of rotatable bonds is 6. The SMILES string of the molecule is O=C1S/C(=C\c2cccc(OCc3cccc4ccccc34)c2)C(=O)N1Cc1ccccc1. The Balaban J connectivity index is 1.31. The van der Waals surface area contributed by atoms with Crippen LogP contribution >= 0.6 is 11.8 Å². The summed E-state index contributed by atoms with van der Waals surface area (Å²) in [5.41, 5.74) is 2.85. The lowest BCUT2D eigenvalue weighted by Gasteiger charge is -2.12. The largest absolute Gasteiger partial charge is 0.489 e. The Hall–Kier alpha value is -3.83. The molecule has 5 heteroatoms. The Labute approximate surface area is 196 Å². The van der Waals surface area contributed by atoms with Gasteiger partial charge in [0.2, 0.25) is 0 Å². The first-order valence-electron chi connectivity index (χ1n) is 10.7. The maximum absolute atomic E-state index is 12.8. The van der Waals surface area contributed by atoms with Gasteiger partial charge in [-0.1, -0.05) is 84.9 Å². The minimum atomic E-state index is -0.268. The highest BCUT2D eigenvalue weighted by molar-refractivity contribution is 8.18. The summed E-state index contributed by atoms with van der Waals surface area (Å²) < 4.78 is 6.06. The molecule has 1 saturated heterocycles. The molecular formula is C28H21NO3S. The Morgan fingerprint density at radius 1 is 0.818 bits per heavy atom. The molecule has 4 aromatic carbocycles. The number of benzene rings is 4. The van der Waals surface area contributed by atoms with Crippen molar-refractivity contribution in [1.82, 2.24) is 4.90 Å². The van der Waals surface area contributed by atoms with Gasteiger partial charge in [0.05, 0.1) is 11.4 Å². The molecule has 0 N–H and O–H groups in total. The molecule has 0 saturated carbocycles. The molecule has 0 aliphatic carbocycles. The number of thioether (sulfide) groups is 1. The highest BCUT2D eigenvalue weighted by Gasteiger charge is 2.34. The Bertz CT molecular complexity index is 1360. The second-order valence-electron chi connectivity index (χ2n) is 7.75. The minimum absolute atomic E-state index is 0.251. The van der Waals surface area contributed by atoms with Crippen LogP contribution in [0.25, 0.3) is 16.8 Å². The second-order valence-corrected chi connectivity index (χ2v) is 8.75. The van der Waals surface area contributed by atoms with Crippen molar-refractivity contribution in [2.45, 2.75) is 13.2 Å². The number of carbonyl (C=O) groups is 2. The molecular weight excluding hydrogens is 430 g/mol. The number of amides is 2. The van der Waals surface area contributed by atoms with Gasteiger partial charge in [0, 0.05) is 0 Å². The molecule has 0 aromatic heterocycles. The van der Waals surface area contributed by atoms with Crippen molar-refractivity contribution in [2.75, 3.05) is 0 Å². The maximum atomic E-state index is 12.8. The van der Waals surface area contributed by atoms with Crippen LogP contribution in [0, 0.1) is 0 Å². The fraction of sp³-hybridized carbons (Fsp3) is 0.0714. The van der Waals surface area contributed by atoms with Gasteiger partial charge in [-0.05, 0) is 57.4 Å². The Morgan fingerprint density at radius 3 is 2.45 bits per heavy atom. The van der Waals surface area contributed by atoms with Crippen molar-refractivity contribution in [3.05, 3.63) is 119 Å². The van der Waals surface area contributed by atoms with E-state index in [1.165, 1.54) is 15.7 Å². The Kier molecular flexibility index (Phi) is 5.96. The lowest BCUT2D eigenvalue weighted by atomic mass is 10.1. The number of fused-ring (bicyclic) bond motifs is 1. The molecule has 5 rings (SSSR count). The van der Waals surface area contributed by atoms with Crippen LogP contribution in [0.3, 0.4) is 0 Å². The van der Waals surface area contributed by atoms with E-state index in [1.54, 1.807) is 6.08 Å². The van der Waals surface area contributed by atoms with Crippen LogP contribution in [-0.4, -0.2) is 16.0 Å². The molecule has 162 valence electrons. The van der Waals surface area contributed by atoms with E-state index in [0.29, 0.717) is 17.3 Å². The predicted octanol–water partition coefficient (Wildman–Crippen LogP) is 6.66. The highest BCUT2D eigenvalue weighted by atomic mass is 32.2. The van der Waals surface area contributed by atoms with Crippen LogP contribution < -0.4 is 4.74 Å². The second kappa shape index (κ2) is 9.35. The van der Waals surface area contributed by atoms with Crippen LogP contribution in [0.15, 0.2) is 102 Å². The number of hydrogen-bond acceptors (Lipinski definition) is 4. The predicted molar refractivity (Wildman–Crippen MR) is 133 cm³/mol. The molecule has 1 aliphatic rings. The van der Waals surface area contributed by atoms with E-state index >= 15 is 0 Å². The highest BCUT2D eigenvalue weighted by Crippen LogP contribution is 2.33. The summed E-state index contributed by atoms with van der Waals surface area (Å²) in [6, 6.07) is 31.5. The molecule has 1 heterocycles. The molecule has 4 nitrogen and oxygen atoms in total. The van der Waals surface area contributed by atoms with E-state index in [-0.39, 0.29) is 17.7 Å². The van der Waals surface area contributed by atoms with Crippen molar-refractivity contribution >= 4 is 39.8 Å². The van der Waals surface area contributed by atoms with Crippen molar-refractivity contribution in [2.24, 2.45) is 0 Å². The summed E-state index contributed by atoms with van der Waals surface area (Å²) in [6.45, 7) is 0.718. The summed E-state index contributed by atoms with van der Waals surface area (Å²) in [5, 5.41) is 2.10. The van der Waals surface area contributed by atoms with Crippen molar-refractivity contribution in [1.29, 1.82) is 0 Å². The van der Waals surface area contributed by atoms with Gasteiger partial charge in [-0.3, -0.25) is 14.5 Å². The molecule has 4 aromatic rings. The van der Waals surface area contributed by atoms with Gasteiger partial charge in [-0.15, -0.1) is 0 Å². The summed E-state index contributed by atoms with van der Waals surface area (Å²) in [6.07, 6.45) is 1.75. The standard InChI is InChI=1S/C28H21NO3S/c30-27-26(33-28(31)29(27)18-20-8-2-1-3-9-20)17-21-10-6-14-24(16-21)32-19-23-13-7-12-22-11-4-5-15-25(22)23/h1-17H,18-19H2/b26-17-. The van der Waals surface area contributed by atoms with E-state index in [4.69, 9.17) is 4.74 Å².